The number of rotatable bonds is 8. The number of esters is 2. The zero-order chi connectivity index (χ0) is 22.4. The van der Waals surface area contributed by atoms with E-state index in [1.54, 1.807) is 13.8 Å². The Labute approximate surface area is 180 Å². The second kappa shape index (κ2) is 10.2. The summed E-state index contributed by atoms with van der Waals surface area (Å²) in [7, 11) is 0. The van der Waals surface area contributed by atoms with Crippen molar-refractivity contribution in [2.24, 2.45) is 0 Å². The third kappa shape index (κ3) is 4.99. The van der Waals surface area contributed by atoms with E-state index in [9.17, 15) is 19.7 Å². The molecule has 2 rings (SSSR count). The molecular weight excluding hydrogens is 412 g/mol. The molecule has 1 N–H and O–H groups in total. The molecule has 0 radical (unpaired) electrons. The van der Waals surface area contributed by atoms with Crippen LogP contribution in [0.1, 0.15) is 52.0 Å². The van der Waals surface area contributed by atoms with Gasteiger partial charge in [-0.1, -0.05) is 25.4 Å². The van der Waals surface area contributed by atoms with Crippen molar-refractivity contribution >= 4 is 29.2 Å². The maximum atomic E-state index is 12.9. The van der Waals surface area contributed by atoms with Crippen LogP contribution in [-0.2, 0) is 19.1 Å². The molecule has 1 aliphatic heterocycles. The number of hydrogen-bond acceptors (Lipinski definition) is 7. The second-order valence-electron chi connectivity index (χ2n) is 6.87. The van der Waals surface area contributed by atoms with Crippen LogP contribution in [0.5, 0.6) is 0 Å². The van der Waals surface area contributed by atoms with E-state index < -0.39 is 22.8 Å². The van der Waals surface area contributed by atoms with Crippen molar-refractivity contribution in [1.82, 2.24) is 5.32 Å². The van der Waals surface area contributed by atoms with Crippen molar-refractivity contribution in [3.05, 3.63) is 61.4 Å². The zero-order valence-electron chi connectivity index (χ0n) is 17.4. The molecule has 1 aliphatic rings. The van der Waals surface area contributed by atoms with Crippen molar-refractivity contribution < 1.29 is 24.0 Å². The molecule has 30 heavy (non-hydrogen) atoms. The fraction of sp³-hybridized carbons (Fsp3) is 0.429. The van der Waals surface area contributed by atoms with E-state index >= 15 is 0 Å². The average molecular weight is 437 g/mol. The molecule has 1 aromatic rings. The highest BCUT2D eigenvalue weighted by atomic mass is 35.5. The van der Waals surface area contributed by atoms with E-state index in [0.29, 0.717) is 24.2 Å². The zero-order valence-corrected chi connectivity index (χ0v) is 18.2. The van der Waals surface area contributed by atoms with E-state index in [0.717, 1.165) is 0 Å². The lowest BCUT2D eigenvalue weighted by molar-refractivity contribution is -0.385. The largest absolute Gasteiger partial charge is 0.462 e. The number of dihydropyridines is 1. The fourth-order valence-corrected chi connectivity index (χ4v) is 3.49. The third-order valence-corrected chi connectivity index (χ3v) is 4.81. The van der Waals surface area contributed by atoms with Crippen LogP contribution in [0.4, 0.5) is 5.69 Å². The summed E-state index contributed by atoms with van der Waals surface area (Å²) < 4.78 is 10.6. The smallest absolute Gasteiger partial charge is 0.336 e. The summed E-state index contributed by atoms with van der Waals surface area (Å²) in [6.07, 6.45) is 1.21. The molecule has 0 spiro atoms. The van der Waals surface area contributed by atoms with Gasteiger partial charge in [0.1, 0.15) is 0 Å². The summed E-state index contributed by atoms with van der Waals surface area (Å²) in [5, 5.41) is 15.0. The van der Waals surface area contributed by atoms with Gasteiger partial charge >= 0.3 is 11.9 Å². The van der Waals surface area contributed by atoms with Gasteiger partial charge in [-0.3, -0.25) is 10.1 Å². The summed E-state index contributed by atoms with van der Waals surface area (Å²) in [6.45, 7) is 7.37. The molecule has 0 aliphatic carbocycles. The number of carbonyl (C=O) groups excluding carboxylic acids is 2. The van der Waals surface area contributed by atoms with Crippen molar-refractivity contribution in [1.29, 1.82) is 0 Å². The van der Waals surface area contributed by atoms with Gasteiger partial charge in [-0.2, -0.15) is 0 Å². The molecular formula is C21H25ClN2O6. The topological polar surface area (TPSA) is 108 Å². The number of nitrogens with one attached hydrogen (secondary N) is 1. The first-order valence-corrected chi connectivity index (χ1v) is 10.1. The first kappa shape index (κ1) is 23.4. The molecule has 0 fully saturated rings. The van der Waals surface area contributed by atoms with Gasteiger partial charge < -0.3 is 14.8 Å². The normalized spacial score (nSPS) is 14.4. The van der Waals surface area contributed by atoms with Gasteiger partial charge in [0.05, 0.1) is 35.2 Å². The second-order valence-corrected chi connectivity index (χ2v) is 7.30. The number of allylic oxidation sites excluding steroid dienone is 2. The average Bonchev–Trinajstić information content (AvgIpc) is 2.69. The number of nitro benzene ring substituents is 1. The van der Waals surface area contributed by atoms with E-state index in [2.05, 4.69) is 5.32 Å². The molecule has 0 amide bonds. The van der Waals surface area contributed by atoms with Crippen LogP contribution in [0, 0.1) is 10.1 Å². The Kier molecular flexibility index (Phi) is 8.00. The Morgan fingerprint density at radius 3 is 2.00 bits per heavy atom. The van der Waals surface area contributed by atoms with Crippen LogP contribution in [-0.4, -0.2) is 30.1 Å². The molecule has 1 heterocycles. The van der Waals surface area contributed by atoms with Crippen molar-refractivity contribution in [2.45, 2.75) is 46.5 Å². The molecule has 0 saturated carbocycles. The van der Waals surface area contributed by atoms with Gasteiger partial charge in [-0.15, -0.1) is 0 Å². The fourth-order valence-electron chi connectivity index (χ4n) is 3.31. The number of benzene rings is 1. The van der Waals surface area contributed by atoms with E-state index in [-0.39, 0.29) is 40.6 Å². The van der Waals surface area contributed by atoms with Crippen molar-refractivity contribution in [3.63, 3.8) is 0 Å². The molecule has 0 unspecified atom stereocenters. The van der Waals surface area contributed by atoms with E-state index in [4.69, 9.17) is 21.1 Å². The predicted octanol–water partition coefficient (Wildman–Crippen LogP) is 4.39. The SMILES string of the molecule is CCCOC(=O)C1=C(C)NC(C)=C(C(=O)OCCC)C1c1cc(Cl)ccc1[N+](=O)[O-]. The Bertz CT molecular complexity index is 880. The van der Waals surface area contributed by atoms with Crippen LogP contribution >= 0.6 is 11.6 Å². The van der Waals surface area contributed by atoms with E-state index in [1.165, 1.54) is 18.2 Å². The Morgan fingerprint density at radius 1 is 1.07 bits per heavy atom. The van der Waals surface area contributed by atoms with Gasteiger partial charge in [0, 0.05) is 28.0 Å². The number of ether oxygens (including phenoxy) is 2. The van der Waals surface area contributed by atoms with Crippen molar-refractivity contribution in [3.8, 4) is 0 Å². The minimum Gasteiger partial charge on any atom is -0.462 e. The number of nitrogens with zero attached hydrogens (tertiary/aromatic N) is 1. The number of carbonyl (C=O) groups is 2. The summed E-state index contributed by atoms with van der Waals surface area (Å²) in [4.78, 5) is 37.0. The van der Waals surface area contributed by atoms with Crippen LogP contribution < -0.4 is 5.32 Å². The van der Waals surface area contributed by atoms with Gasteiger partial charge in [0.25, 0.3) is 5.69 Å². The standard InChI is InChI=1S/C21H25ClN2O6/c1-5-9-29-20(25)17-12(3)23-13(4)18(21(26)30-10-6-2)19(17)15-11-14(22)7-8-16(15)24(27)28/h7-8,11,19,23H,5-6,9-10H2,1-4H3. The highest BCUT2D eigenvalue weighted by Crippen LogP contribution is 2.43. The van der Waals surface area contributed by atoms with Gasteiger partial charge in [0.15, 0.2) is 0 Å². The van der Waals surface area contributed by atoms with Crippen LogP contribution in [0.15, 0.2) is 40.7 Å². The number of nitro groups is 1. The third-order valence-electron chi connectivity index (χ3n) is 4.57. The quantitative estimate of drug-likeness (QED) is 0.365. The Balaban J connectivity index is 2.73. The molecule has 8 nitrogen and oxygen atoms in total. The molecule has 0 bridgehead atoms. The molecule has 0 aromatic heterocycles. The lowest BCUT2D eigenvalue weighted by Crippen LogP contribution is -2.33. The van der Waals surface area contributed by atoms with Crippen molar-refractivity contribution in [2.75, 3.05) is 13.2 Å². The minimum atomic E-state index is -1.06. The lowest BCUT2D eigenvalue weighted by atomic mass is 9.79. The first-order chi connectivity index (χ1) is 14.2. The lowest BCUT2D eigenvalue weighted by Gasteiger charge is -2.30. The Hall–Kier alpha value is -2.87. The number of hydrogen-bond donors (Lipinski definition) is 1. The molecule has 9 heteroatoms. The first-order valence-electron chi connectivity index (χ1n) is 9.69. The monoisotopic (exact) mass is 436 g/mol. The summed E-state index contributed by atoms with van der Waals surface area (Å²) in [5.74, 6) is -2.37. The molecule has 0 saturated heterocycles. The number of halogens is 1. The van der Waals surface area contributed by atoms with Crippen LogP contribution in [0.2, 0.25) is 5.02 Å². The van der Waals surface area contributed by atoms with Gasteiger partial charge in [0.2, 0.25) is 0 Å². The summed E-state index contributed by atoms with van der Waals surface area (Å²) >= 11 is 6.13. The highest BCUT2D eigenvalue weighted by Gasteiger charge is 2.41. The summed E-state index contributed by atoms with van der Waals surface area (Å²) in [6, 6.07) is 4.05. The van der Waals surface area contributed by atoms with Gasteiger partial charge in [-0.25, -0.2) is 9.59 Å². The summed E-state index contributed by atoms with van der Waals surface area (Å²) in [5.41, 5.74) is 0.985. The highest BCUT2D eigenvalue weighted by molar-refractivity contribution is 6.30. The van der Waals surface area contributed by atoms with Gasteiger partial charge in [-0.05, 0) is 38.8 Å². The predicted molar refractivity (Wildman–Crippen MR) is 112 cm³/mol. The molecule has 162 valence electrons. The Morgan fingerprint density at radius 2 is 1.57 bits per heavy atom. The van der Waals surface area contributed by atoms with Crippen LogP contribution in [0.25, 0.3) is 0 Å². The minimum absolute atomic E-state index is 0.114. The molecule has 0 atom stereocenters. The van der Waals surface area contributed by atoms with Crippen LogP contribution in [0.3, 0.4) is 0 Å². The maximum Gasteiger partial charge on any atom is 0.336 e. The van der Waals surface area contributed by atoms with E-state index in [1.807, 2.05) is 13.8 Å². The maximum absolute atomic E-state index is 12.9. The molecule has 1 aromatic carbocycles.